The van der Waals surface area contributed by atoms with E-state index < -0.39 is 16.1 Å². The minimum atomic E-state index is -3.66. The maximum Gasteiger partial charge on any atom is 0.244 e. The van der Waals surface area contributed by atoms with E-state index in [0.717, 1.165) is 16.7 Å². The number of hydrogen-bond acceptors (Lipinski definition) is 3. The Labute approximate surface area is 133 Å². The fraction of sp³-hybridized carbons (Fsp3) is 0.562. The lowest BCUT2D eigenvalue weighted by atomic mass is 10.1. The molecule has 0 N–H and O–H groups in total. The van der Waals surface area contributed by atoms with Gasteiger partial charge in [-0.05, 0) is 44.7 Å². The second-order valence-electron chi connectivity index (χ2n) is 6.23. The van der Waals surface area contributed by atoms with Crippen LogP contribution in [-0.2, 0) is 14.8 Å². The summed E-state index contributed by atoms with van der Waals surface area (Å²) in [7, 11) is -0.338. The van der Waals surface area contributed by atoms with Crippen LogP contribution in [0.25, 0.3) is 0 Å². The fourth-order valence-corrected chi connectivity index (χ4v) is 5.33. The lowest BCUT2D eigenvalue weighted by Crippen LogP contribution is -2.45. The molecule has 1 heterocycles. The van der Waals surface area contributed by atoms with E-state index >= 15 is 0 Å². The van der Waals surface area contributed by atoms with Crippen LogP contribution in [0, 0.1) is 20.8 Å². The molecular weight excluding hydrogens is 300 g/mol. The maximum atomic E-state index is 13.1. The molecule has 1 fully saturated rings. The molecule has 0 radical (unpaired) electrons. The number of amides is 1. The second kappa shape index (κ2) is 6.01. The van der Waals surface area contributed by atoms with Crippen molar-refractivity contribution in [2.24, 2.45) is 0 Å². The van der Waals surface area contributed by atoms with Crippen LogP contribution < -0.4 is 0 Å². The SMILES string of the molecule is Cc1cc(C)c(S(=O)(=O)N2CCC[C@@H]2C(=O)N(C)C)c(C)c1. The van der Waals surface area contributed by atoms with Gasteiger partial charge >= 0.3 is 0 Å². The van der Waals surface area contributed by atoms with E-state index in [4.69, 9.17) is 0 Å². The molecule has 1 saturated heterocycles. The predicted molar refractivity (Wildman–Crippen MR) is 86.3 cm³/mol. The number of benzene rings is 1. The molecule has 122 valence electrons. The first kappa shape index (κ1) is 17.0. The lowest BCUT2D eigenvalue weighted by Gasteiger charge is -2.27. The predicted octanol–water partition coefficient (Wildman–Crippen LogP) is 1.85. The summed E-state index contributed by atoms with van der Waals surface area (Å²) < 4.78 is 27.5. The van der Waals surface area contributed by atoms with Crippen molar-refractivity contribution in [1.82, 2.24) is 9.21 Å². The molecule has 0 spiro atoms. The number of rotatable bonds is 3. The molecule has 2 rings (SSSR count). The molecule has 0 saturated carbocycles. The Balaban J connectivity index is 2.49. The van der Waals surface area contributed by atoms with Crippen molar-refractivity contribution in [3.63, 3.8) is 0 Å². The number of carbonyl (C=O) groups is 1. The average molecular weight is 324 g/mol. The average Bonchev–Trinajstić information content (AvgIpc) is 2.85. The highest BCUT2D eigenvalue weighted by Gasteiger charge is 2.41. The van der Waals surface area contributed by atoms with E-state index in [0.29, 0.717) is 24.3 Å². The van der Waals surface area contributed by atoms with E-state index in [1.54, 1.807) is 14.1 Å². The van der Waals surface area contributed by atoms with Crippen molar-refractivity contribution in [2.75, 3.05) is 20.6 Å². The Morgan fingerprint density at radius 1 is 1.18 bits per heavy atom. The zero-order chi connectivity index (χ0) is 16.7. The third-order valence-electron chi connectivity index (χ3n) is 4.10. The summed E-state index contributed by atoms with van der Waals surface area (Å²) in [5, 5.41) is 0. The van der Waals surface area contributed by atoms with Gasteiger partial charge in [-0.2, -0.15) is 4.31 Å². The van der Waals surface area contributed by atoms with E-state index in [-0.39, 0.29) is 5.91 Å². The van der Waals surface area contributed by atoms with E-state index in [1.807, 2.05) is 32.9 Å². The minimum Gasteiger partial charge on any atom is -0.347 e. The number of nitrogens with zero attached hydrogens (tertiary/aromatic N) is 2. The molecule has 0 aromatic heterocycles. The van der Waals surface area contributed by atoms with E-state index in [9.17, 15) is 13.2 Å². The summed E-state index contributed by atoms with van der Waals surface area (Å²) in [6.45, 7) is 5.97. The number of carbonyl (C=O) groups excluding carboxylic acids is 1. The molecule has 1 atom stereocenters. The molecule has 0 aliphatic carbocycles. The summed E-state index contributed by atoms with van der Waals surface area (Å²) in [6.07, 6.45) is 1.30. The fourth-order valence-electron chi connectivity index (χ4n) is 3.26. The standard InChI is InChI=1S/C16H24N2O3S/c1-11-9-12(2)15(13(3)10-11)22(20,21)18-8-6-7-14(18)16(19)17(4)5/h9-10,14H,6-8H2,1-5H3/t14-/m1/s1. The molecule has 22 heavy (non-hydrogen) atoms. The Bertz CT molecular complexity index is 672. The zero-order valence-corrected chi connectivity index (χ0v) is 14.7. The third-order valence-corrected chi connectivity index (χ3v) is 6.32. The first-order chi connectivity index (χ1) is 10.2. The van der Waals surface area contributed by atoms with Crippen LogP contribution in [0.4, 0.5) is 0 Å². The van der Waals surface area contributed by atoms with Crippen LogP contribution in [0.3, 0.4) is 0 Å². The third kappa shape index (κ3) is 2.90. The van der Waals surface area contributed by atoms with Gasteiger partial charge in [-0.15, -0.1) is 0 Å². The van der Waals surface area contributed by atoms with Crippen LogP contribution in [0.15, 0.2) is 17.0 Å². The van der Waals surface area contributed by atoms with Gasteiger partial charge in [0.2, 0.25) is 15.9 Å². The summed E-state index contributed by atoms with van der Waals surface area (Å²) in [5.74, 6) is -0.150. The van der Waals surface area contributed by atoms with Gasteiger partial charge < -0.3 is 4.90 Å². The van der Waals surface area contributed by atoms with Gasteiger partial charge in [-0.3, -0.25) is 4.79 Å². The Hall–Kier alpha value is -1.40. The van der Waals surface area contributed by atoms with E-state index in [1.165, 1.54) is 9.21 Å². The van der Waals surface area contributed by atoms with Gasteiger partial charge in [-0.1, -0.05) is 17.7 Å². The molecule has 1 aliphatic rings. The van der Waals surface area contributed by atoms with Crippen LogP contribution in [0.1, 0.15) is 29.5 Å². The molecule has 1 aromatic carbocycles. The van der Waals surface area contributed by atoms with Gasteiger partial charge in [0, 0.05) is 20.6 Å². The van der Waals surface area contributed by atoms with Crippen LogP contribution >= 0.6 is 0 Å². The molecule has 5 nitrogen and oxygen atoms in total. The lowest BCUT2D eigenvalue weighted by molar-refractivity contribution is -0.132. The van der Waals surface area contributed by atoms with Gasteiger partial charge in [0.1, 0.15) is 6.04 Å². The van der Waals surface area contributed by atoms with Gasteiger partial charge in [0.15, 0.2) is 0 Å². The maximum absolute atomic E-state index is 13.1. The Morgan fingerprint density at radius 2 is 1.73 bits per heavy atom. The molecule has 1 amide bonds. The topological polar surface area (TPSA) is 57.7 Å². The highest BCUT2D eigenvalue weighted by Crippen LogP contribution is 2.31. The largest absolute Gasteiger partial charge is 0.347 e. The summed E-state index contributed by atoms with van der Waals surface area (Å²) in [5.41, 5.74) is 2.51. The smallest absolute Gasteiger partial charge is 0.244 e. The minimum absolute atomic E-state index is 0.150. The van der Waals surface area contributed by atoms with Gasteiger partial charge in [0.05, 0.1) is 4.90 Å². The molecule has 6 heteroatoms. The number of aryl methyl sites for hydroxylation is 3. The molecule has 0 unspecified atom stereocenters. The zero-order valence-electron chi connectivity index (χ0n) is 13.9. The van der Waals surface area contributed by atoms with Gasteiger partial charge in [0.25, 0.3) is 0 Å². The van der Waals surface area contributed by atoms with Crippen molar-refractivity contribution in [3.05, 3.63) is 28.8 Å². The summed E-state index contributed by atoms with van der Waals surface area (Å²) in [6, 6.07) is 3.16. The van der Waals surface area contributed by atoms with Crippen molar-refractivity contribution < 1.29 is 13.2 Å². The van der Waals surface area contributed by atoms with Gasteiger partial charge in [-0.25, -0.2) is 8.42 Å². The Kier molecular flexibility index (Phi) is 4.63. The molecule has 0 bridgehead atoms. The highest BCUT2D eigenvalue weighted by molar-refractivity contribution is 7.89. The van der Waals surface area contributed by atoms with Crippen molar-refractivity contribution in [2.45, 2.75) is 44.6 Å². The molecule has 1 aliphatic heterocycles. The molecular formula is C16H24N2O3S. The number of sulfonamides is 1. The monoisotopic (exact) mass is 324 g/mol. The van der Waals surface area contributed by atoms with Crippen LogP contribution in [0.2, 0.25) is 0 Å². The van der Waals surface area contributed by atoms with Crippen molar-refractivity contribution in [1.29, 1.82) is 0 Å². The van der Waals surface area contributed by atoms with Crippen molar-refractivity contribution in [3.8, 4) is 0 Å². The van der Waals surface area contributed by atoms with E-state index in [2.05, 4.69) is 0 Å². The normalized spacial score (nSPS) is 19.4. The quantitative estimate of drug-likeness (QED) is 0.852. The number of likely N-dealkylation sites (N-methyl/N-ethyl adjacent to an activating group) is 1. The highest BCUT2D eigenvalue weighted by atomic mass is 32.2. The molecule has 1 aromatic rings. The first-order valence-corrected chi connectivity index (χ1v) is 8.91. The van der Waals surface area contributed by atoms with Crippen LogP contribution in [-0.4, -0.2) is 50.2 Å². The summed E-state index contributed by atoms with van der Waals surface area (Å²) >= 11 is 0. The Morgan fingerprint density at radius 3 is 2.23 bits per heavy atom. The summed E-state index contributed by atoms with van der Waals surface area (Å²) in [4.78, 5) is 14.1. The number of hydrogen-bond donors (Lipinski definition) is 0. The van der Waals surface area contributed by atoms with Crippen LogP contribution in [0.5, 0.6) is 0 Å². The first-order valence-electron chi connectivity index (χ1n) is 7.47. The second-order valence-corrected chi connectivity index (χ2v) is 8.06. The van der Waals surface area contributed by atoms with Crippen molar-refractivity contribution >= 4 is 15.9 Å².